The van der Waals surface area contributed by atoms with E-state index in [0.717, 1.165) is 10.8 Å². The number of fused-ring (bicyclic) bond motifs is 6. The van der Waals surface area contributed by atoms with Crippen molar-refractivity contribution in [1.29, 1.82) is 0 Å². The second kappa shape index (κ2) is 12.5. The van der Waals surface area contributed by atoms with Gasteiger partial charge in [0.2, 0.25) is 0 Å². The van der Waals surface area contributed by atoms with E-state index in [1.165, 1.54) is 0 Å². The van der Waals surface area contributed by atoms with E-state index < -0.39 is 36.3 Å². The van der Waals surface area contributed by atoms with E-state index in [4.69, 9.17) is 22.2 Å². The molecule has 9 aromatic carbocycles. The quantitative estimate of drug-likeness (QED) is 0.174. The lowest BCUT2D eigenvalue weighted by molar-refractivity contribution is 0.669. The molecule has 0 aliphatic heterocycles. The second-order valence-corrected chi connectivity index (χ2v) is 12.3. The lowest BCUT2D eigenvalue weighted by atomic mass is 9.93. The van der Waals surface area contributed by atoms with E-state index in [0.29, 0.717) is 66.4 Å². The lowest BCUT2D eigenvalue weighted by Crippen LogP contribution is -2.10. The van der Waals surface area contributed by atoms with Crippen molar-refractivity contribution in [1.82, 2.24) is 0 Å². The van der Waals surface area contributed by atoms with Crippen molar-refractivity contribution >= 4 is 60.5 Å². The Bertz CT molecular complexity index is 3660. The monoisotopic (exact) mass is 677 g/mol. The Morgan fingerprint density at radius 2 is 1.15 bits per heavy atom. The number of furan rings is 1. The predicted octanol–water partition coefficient (Wildman–Crippen LogP) is 14.4. The lowest BCUT2D eigenvalue weighted by Gasteiger charge is -2.27. The summed E-state index contributed by atoms with van der Waals surface area (Å²) in [7, 11) is 0. The van der Waals surface area contributed by atoms with Gasteiger partial charge in [0.1, 0.15) is 11.2 Å². The standard InChI is InChI=1S/C50H33NO/c1-3-12-34(13-4-1)36-24-27-41(28-25-36)51(42-18-11-17-38(30-42)35-14-5-2-6-15-35)43-31-39-16-7-8-19-44(39)46(33-43)40-23-22-37-26-29-49-50(47(37)32-40)45-20-9-10-21-48(45)52-49/h1-33H/i1D,2D,3D,4D,5D,6D,12D,13D,14D,15D,20D,26D,29D,32D. The maximum Gasteiger partial charge on any atom is 0.136 e. The molecule has 2 nitrogen and oxygen atoms in total. The number of nitrogens with zero attached hydrogens (tertiary/aromatic N) is 1. The van der Waals surface area contributed by atoms with Gasteiger partial charge in [-0.2, -0.15) is 0 Å². The summed E-state index contributed by atoms with van der Waals surface area (Å²) in [5, 5.41) is 3.13. The van der Waals surface area contributed by atoms with Crippen LogP contribution in [0.25, 0.3) is 76.9 Å². The Kier molecular flexibility index (Phi) is 4.53. The van der Waals surface area contributed by atoms with Gasteiger partial charge in [0.25, 0.3) is 0 Å². The molecule has 1 aromatic heterocycles. The highest BCUT2D eigenvalue weighted by Gasteiger charge is 2.18. The maximum absolute atomic E-state index is 9.88. The Morgan fingerprint density at radius 1 is 0.404 bits per heavy atom. The van der Waals surface area contributed by atoms with Gasteiger partial charge < -0.3 is 9.32 Å². The van der Waals surface area contributed by atoms with Crippen molar-refractivity contribution < 1.29 is 23.6 Å². The van der Waals surface area contributed by atoms with Gasteiger partial charge in [0, 0.05) is 27.8 Å². The molecule has 0 unspecified atom stereocenters. The number of benzene rings is 9. The maximum atomic E-state index is 9.88. The molecule has 0 saturated heterocycles. The molecule has 0 amide bonds. The minimum atomic E-state index is -0.516. The molecule has 0 atom stereocenters. The van der Waals surface area contributed by atoms with Crippen LogP contribution in [0.4, 0.5) is 17.1 Å². The van der Waals surface area contributed by atoms with Crippen molar-refractivity contribution in [3.63, 3.8) is 0 Å². The molecule has 1 heterocycles. The smallest absolute Gasteiger partial charge is 0.136 e. The number of anilines is 3. The van der Waals surface area contributed by atoms with Crippen molar-refractivity contribution in [2.24, 2.45) is 0 Å². The summed E-state index contributed by atoms with van der Waals surface area (Å²) in [5.74, 6) is 0. The summed E-state index contributed by atoms with van der Waals surface area (Å²) in [6.45, 7) is 0. The molecular formula is C50H33NO. The van der Waals surface area contributed by atoms with Crippen LogP contribution in [-0.2, 0) is 0 Å². The average Bonchev–Trinajstić information content (AvgIpc) is 3.72. The zero-order valence-corrected chi connectivity index (χ0v) is 27.3. The minimum absolute atomic E-state index is 0.00655. The van der Waals surface area contributed by atoms with Crippen LogP contribution >= 0.6 is 0 Å². The summed E-state index contributed by atoms with van der Waals surface area (Å²) in [6, 6.07) is 29.2. The van der Waals surface area contributed by atoms with Crippen molar-refractivity contribution in [2.45, 2.75) is 0 Å². The molecule has 10 rings (SSSR count). The van der Waals surface area contributed by atoms with Crippen molar-refractivity contribution in [3.05, 3.63) is 200 Å². The van der Waals surface area contributed by atoms with E-state index in [2.05, 4.69) is 0 Å². The Labute approximate surface area is 322 Å². The number of hydrogen-bond donors (Lipinski definition) is 0. The third kappa shape index (κ3) is 5.21. The SMILES string of the molecule is [2H]c1c([2H])c([2H])c(-c2ccc(N(c3cccc(-c4c([2H])c([2H])c([2H])c([2H])c4[2H])c3)c3cc(-c4ccc5c([2H])c([2H])c6oc7cccc([2H])c7c6c5c4[2H])c4ccccc4c3)cc2)c([2H])c1[2H]. The fraction of sp³-hybridized carbons (Fsp3) is 0. The molecule has 0 aliphatic carbocycles. The van der Waals surface area contributed by atoms with Gasteiger partial charge in [0.15, 0.2) is 0 Å². The van der Waals surface area contributed by atoms with E-state index in [1.54, 1.807) is 78.9 Å². The van der Waals surface area contributed by atoms with Gasteiger partial charge >= 0.3 is 0 Å². The van der Waals surface area contributed by atoms with E-state index in [9.17, 15) is 1.37 Å². The molecule has 52 heavy (non-hydrogen) atoms. The summed E-state index contributed by atoms with van der Waals surface area (Å²) < 4.78 is 127. The molecule has 10 aromatic rings. The van der Waals surface area contributed by atoms with Crippen LogP contribution in [0.2, 0.25) is 0 Å². The van der Waals surface area contributed by atoms with Crippen molar-refractivity contribution in [3.8, 4) is 33.4 Å². The highest BCUT2D eigenvalue weighted by molar-refractivity contribution is 6.19. The van der Waals surface area contributed by atoms with E-state index in [-0.39, 0.29) is 65.0 Å². The summed E-state index contributed by atoms with van der Waals surface area (Å²) in [5.41, 5.74) is 3.99. The van der Waals surface area contributed by atoms with Gasteiger partial charge in [0.05, 0.1) is 19.2 Å². The average molecular weight is 678 g/mol. The van der Waals surface area contributed by atoms with Gasteiger partial charge in [-0.3, -0.25) is 0 Å². The molecule has 0 aliphatic rings. The molecule has 0 N–H and O–H groups in total. The highest BCUT2D eigenvalue weighted by atomic mass is 16.3. The Hall–Kier alpha value is -6.90. The Balaban J connectivity index is 1.24. The minimum Gasteiger partial charge on any atom is -0.456 e. The topological polar surface area (TPSA) is 16.4 Å². The highest BCUT2D eigenvalue weighted by Crippen LogP contribution is 2.43. The molecule has 0 spiro atoms. The number of hydrogen-bond acceptors (Lipinski definition) is 2. The van der Waals surface area contributed by atoms with Crippen LogP contribution in [0, 0.1) is 0 Å². The van der Waals surface area contributed by atoms with E-state index in [1.807, 2.05) is 41.3 Å². The van der Waals surface area contributed by atoms with Gasteiger partial charge in [-0.25, -0.2) is 0 Å². The molecule has 2 heteroatoms. The van der Waals surface area contributed by atoms with Crippen LogP contribution in [-0.4, -0.2) is 0 Å². The normalized spacial score (nSPS) is 15.2. The summed E-state index contributed by atoms with van der Waals surface area (Å²) in [6.07, 6.45) is 0. The summed E-state index contributed by atoms with van der Waals surface area (Å²) in [4.78, 5) is 1.88. The first-order chi connectivity index (χ1) is 31.6. The largest absolute Gasteiger partial charge is 0.456 e. The first kappa shape index (κ1) is 18.9. The van der Waals surface area contributed by atoms with Crippen LogP contribution in [0.3, 0.4) is 0 Å². The fourth-order valence-corrected chi connectivity index (χ4v) is 6.84. The van der Waals surface area contributed by atoms with Crippen molar-refractivity contribution in [2.75, 3.05) is 4.90 Å². The third-order valence-corrected chi connectivity index (χ3v) is 9.22. The molecule has 0 bridgehead atoms. The fourth-order valence-electron chi connectivity index (χ4n) is 6.84. The zero-order valence-electron chi connectivity index (χ0n) is 41.3. The molecule has 0 radical (unpaired) electrons. The first-order valence-corrected chi connectivity index (χ1v) is 16.6. The summed E-state index contributed by atoms with van der Waals surface area (Å²) >= 11 is 0. The van der Waals surface area contributed by atoms with E-state index >= 15 is 0 Å². The second-order valence-electron chi connectivity index (χ2n) is 12.3. The van der Waals surface area contributed by atoms with Gasteiger partial charge in [-0.15, -0.1) is 0 Å². The zero-order chi connectivity index (χ0) is 46.6. The molecule has 0 fully saturated rings. The molecular weight excluding hydrogens is 631 g/mol. The first-order valence-electron chi connectivity index (χ1n) is 23.6. The third-order valence-electron chi connectivity index (χ3n) is 9.22. The number of para-hydroxylation sites is 1. The van der Waals surface area contributed by atoms with Gasteiger partial charge in [-0.1, -0.05) is 145 Å². The molecule has 244 valence electrons. The predicted molar refractivity (Wildman–Crippen MR) is 220 cm³/mol. The molecule has 0 saturated carbocycles. The number of rotatable bonds is 6. The van der Waals surface area contributed by atoms with Crippen LogP contribution in [0.15, 0.2) is 204 Å². The van der Waals surface area contributed by atoms with Crippen LogP contribution in [0.5, 0.6) is 0 Å². The van der Waals surface area contributed by atoms with Crippen LogP contribution in [0.1, 0.15) is 19.2 Å². The van der Waals surface area contributed by atoms with Crippen LogP contribution < -0.4 is 4.90 Å². The van der Waals surface area contributed by atoms with Gasteiger partial charge in [-0.05, 0) is 109 Å². The Morgan fingerprint density at radius 3 is 1.98 bits per heavy atom.